The number of amides is 1. The van der Waals surface area contributed by atoms with Crippen LogP contribution in [-0.4, -0.2) is 35.7 Å². The van der Waals surface area contributed by atoms with Gasteiger partial charge in [-0.05, 0) is 26.3 Å². The Bertz CT molecular complexity index is 486. The summed E-state index contributed by atoms with van der Waals surface area (Å²) in [6.07, 6.45) is -1.39. The summed E-state index contributed by atoms with van der Waals surface area (Å²) >= 11 is 0. The summed E-state index contributed by atoms with van der Waals surface area (Å²) in [6.45, 7) is 5.78. The second-order valence-corrected chi connectivity index (χ2v) is 4.91. The van der Waals surface area contributed by atoms with Crippen molar-refractivity contribution in [3.05, 3.63) is 35.9 Å². The Kier molecular flexibility index (Phi) is 4.27. The summed E-state index contributed by atoms with van der Waals surface area (Å²) in [7, 11) is 0. The van der Waals surface area contributed by atoms with E-state index in [-0.39, 0.29) is 12.6 Å². The standard InChI is InChI=1S/C15H19NO4/c1-4-19-14(17)13-12(11-8-6-5-7-9-11)16(10(2)3)15(18)20-13/h5-10,12-13H,4H2,1-3H3/t12-,13+/m0/s1. The van der Waals surface area contributed by atoms with E-state index in [1.807, 2.05) is 44.2 Å². The second kappa shape index (κ2) is 5.94. The molecule has 108 valence electrons. The van der Waals surface area contributed by atoms with Crippen molar-refractivity contribution < 1.29 is 19.1 Å². The molecular weight excluding hydrogens is 258 g/mol. The van der Waals surface area contributed by atoms with Crippen LogP contribution in [0.5, 0.6) is 0 Å². The summed E-state index contributed by atoms with van der Waals surface area (Å²) in [4.78, 5) is 25.6. The summed E-state index contributed by atoms with van der Waals surface area (Å²) in [6, 6.07) is 8.90. The van der Waals surface area contributed by atoms with E-state index in [1.54, 1.807) is 11.8 Å². The van der Waals surface area contributed by atoms with Crippen molar-refractivity contribution in [1.82, 2.24) is 4.90 Å². The van der Waals surface area contributed by atoms with Crippen LogP contribution in [-0.2, 0) is 14.3 Å². The molecule has 1 aromatic rings. The minimum absolute atomic E-state index is 0.0628. The van der Waals surface area contributed by atoms with E-state index in [1.165, 1.54) is 0 Å². The molecule has 0 saturated carbocycles. The lowest BCUT2D eigenvalue weighted by atomic mass is 10.00. The average molecular weight is 277 g/mol. The van der Waals surface area contributed by atoms with Crippen LogP contribution < -0.4 is 0 Å². The summed E-state index contributed by atoms with van der Waals surface area (Å²) in [5.74, 6) is -0.502. The monoisotopic (exact) mass is 277 g/mol. The summed E-state index contributed by atoms with van der Waals surface area (Å²) in [5, 5.41) is 0. The topological polar surface area (TPSA) is 55.8 Å². The molecule has 1 heterocycles. The minimum Gasteiger partial charge on any atom is -0.463 e. The van der Waals surface area contributed by atoms with Crippen molar-refractivity contribution in [2.24, 2.45) is 0 Å². The van der Waals surface area contributed by atoms with Gasteiger partial charge < -0.3 is 9.47 Å². The number of hydrogen-bond donors (Lipinski definition) is 0. The van der Waals surface area contributed by atoms with Gasteiger partial charge >= 0.3 is 12.1 Å². The van der Waals surface area contributed by atoms with Crippen molar-refractivity contribution in [3.8, 4) is 0 Å². The quantitative estimate of drug-likeness (QED) is 0.793. The molecular formula is C15H19NO4. The average Bonchev–Trinajstić information content (AvgIpc) is 2.78. The van der Waals surface area contributed by atoms with Crippen LogP contribution in [0.1, 0.15) is 32.4 Å². The van der Waals surface area contributed by atoms with E-state index in [2.05, 4.69) is 0 Å². The number of benzene rings is 1. The molecule has 1 fully saturated rings. The highest BCUT2D eigenvalue weighted by Gasteiger charge is 2.48. The normalized spacial score (nSPS) is 22.0. The van der Waals surface area contributed by atoms with Gasteiger partial charge in [-0.2, -0.15) is 0 Å². The Morgan fingerprint density at radius 2 is 2.00 bits per heavy atom. The van der Waals surface area contributed by atoms with Gasteiger partial charge in [0, 0.05) is 6.04 Å². The van der Waals surface area contributed by atoms with Crippen molar-refractivity contribution in [1.29, 1.82) is 0 Å². The Morgan fingerprint density at radius 1 is 1.35 bits per heavy atom. The van der Waals surface area contributed by atoms with E-state index < -0.39 is 24.2 Å². The van der Waals surface area contributed by atoms with Gasteiger partial charge in [0.2, 0.25) is 6.10 Å². The zero-order chi connectivity index (χ0) is 14.7. The lowest BCUT2D eigenvalue weighted by Gasteiger charge is -2.27. The summed E-state index contributed by atoms with van der Waals surface area (Å²) in [5.41, 5.74) is 0.866. The maximum absolute atomic E-state index is 12.0. The Labute approximate surface area is 118 Å². The molecule has 0 bridgehead atoms. The van der Waals surface area contributed by atoms with Crippen molar-refractivity contribution in [2.75, 3.05) is 6.61 Å². The Morgan fingerprint density at radius 3 is 2.55 bits per heavy atom. The van der Waals surface area contributed by atoms with Gasteiger partial charge in [0.25, 0.3) is 0 Å². The van der Waals surface area contributed by atoms with E-state index in [0.717, 1.165) is 5.56 Å². The fourth-order valence-electron chi connectivity index (χ4n) is 2.41. The van der Waals surface area contributed by atoms with Crippen LogP contribution in [0.15, 0.2) is 30.3 Å². The molecule has 2 atom stereocenters. The largest absolute Gasteiger partial charge is 0.463 e. The highest BCUT2D eigenvalue weighted by atomic mass is 16.6. The van der Waals surface area contributed by atoms with Gasteiger partial charge in [-0.1, -0.05) is 30.3 Å². The van der Waals surface area contributed by atoms with Gasteiger partial charge in [-0.15, -0.1) is 0 Å². The van der Waals surface area contributed by atoms with Crippen molar-refractivity contribution in [2.45, 2.75) is 39.0 Å². The highest BCUT2D eigenvalue weighted by Crippen LogP contribution is 2.35. The molecule has 1 saturated heterocycles. The smallest absolute Gasteiger partial charge is 0.411 e. The number of cyclic esters (lactones) is 1. The first kappa shape index (κ1) is 14.4. The van der Waals surface area contributed by atoms with Gasteiger partial charge in [0.1, 0.15) is 6.04 Å². The third kappa shape index (κ3) is 2.61. The number of hydrogen-bond acceptors (Lipinski definition) is 4. The number of rotatable bonds is 4. The van der Waals surface area contributed by atoms with Crippen LogP contribution in [0.2, 0.25) is 0 Å². The molecule has 0 aliphatic carbocycles. The SMILES string of the molecule is CCOC(=O)[C@@H]1OC(=O)N(C(C)C)[C@H]1c1ccccc1. The fraction of sp³-hybridized carbons (Fsp3) is 0.467. The molecule has 20 heavy (non-hydrogen) atoms. The molecule has 0 radical (unpaired) electrons. The molecule has 5 nitrogen and oxygen atoms in total. The van der Waals surface area contributed by atoms with Gasteiger partial charge in [-0.25, -0.2) is 9.59 Å². The zero-order valence-corrected chi connectivity index (χ0v) is 11.9. The molecule has 1 amide bonds. The van der Waals surface area contributed by atoms with E-state index in [4.69, 9.17) is 9.47 Å². The van der Waals surface area contributed by atoms with E-state index >= 15 is 0 Å². The molecule has 0 spiro atoms. The lowest BCUT2D eigenvalue weighted by molar-refractivity contribution is -0.152. The number of carbonyl (C=O) groups excluding carboxylic acids is 2. The molecule has 0 N–H and O–H groups in total. The molecule has 1 aliphatic rings. The van der Waals surface area contributed by atoms with E-state index in [0.29, 0.717) is 0 Å². The number of esters is 1. The minimum atomic E-state index is -0.910. The van der Waals surface area contributed by atoms with Crippen LogP contribution in [0, 0.1) is 0 Å². The fourth-order valence-corrected chi connectivity index (χ4v) is 2.41. The zero-order valence-electron chi connectivity index (χ0n) is 11.9. The number of nitrogens with zero attached hydrogens (tertiary/aromatic N) is 1. The molecule has 1 aromatic carbocycles. The van der Waals surface area contributed by atoms with Gasteiger partial charge in [0.15, 0.2) is 0 Å². The predicted molar refractivity (Wildman–Crippen MR) is 73.1 cm³/mol. The lowest BCUT2D eigenvalue weighted by Crippen LogP contribution is -2.37. The van der Waals surface area contributed by atoms with Crippen molar-refractivity contribution >= 4 is 12.1 Å². The van der Waals surface area contributed by atoms with Crippen LogP contribution in [0.3, 0.4) is 0 Å². The Hall–Kier alpha value is -2.04. The van der Waals surface area contributed by atoms with E-state index in [9.17, 15) is 9.59 Å². The first-order valence-electron chi connectivity index (χ1n) is 6.76. The Balaban J connectivity index is 2.37. The maximum atomic E-state index is 12.0. The second-order valence-electron chi connectivity index (χ2n) is 4.91. The number of carbonyl (C=O) groups is 2. The predicted octanol–water partition coefficient (Wildman–Crippen LogP) is 2.52. The first-order chi connectivity index (χ1) is 9.56. The van der Waals surface area contributed by atoms with Crippen LogP contribution in [0.4, 0.5) is 4.79 Å². The highest BCUT2D eigenvalue weighted by molar-refractivity contribution is 5.84. The molecule has 2 rings (SSSR count). The first-order valence-corrected chi connectivity index (χ1v) is 6.76. The van der Waals surface area contributed by atoms with Crippen molar-refractivity contribution in [3.63, 3.8) is 0 Å². The van der Waals surface area contributed by atoms with Gasteiger partial charge in [0.05, 0.1) is 6.61 Å². The third-order valence-corrected chi connectivity index (χ3v) is 3.24. The number of ether oxygens (including phenoxy) is 2. The molecule has 1 aliphatic heterocycles. The third-order valence-electron chi connectivity index (χ3n) is 3.24. The summed E-state index contributed by atoms with van der Waals surface area (Å²) < 4.78 is 10.2. The molecule has 5 heteroatoms. The van der Waals surface area contributed by atoms with Crippen LogP contribution >= 0.6 is 0 Å². The molecule has 0 aromatic heterocycles. The van der Waals surface area contributed by atoms with Crippen LogP contribution in [0.25, 0.3) is 0 Å². The molecule has 0 unspecified atom stereocenters. The van der Waals surface area contributed by atoms with Gasteiger partial charge in [-0.3, -0.25) is 4.90 Å². The maximum Gasteiger partial charge on any atom is 0.411 e.